The van der Waals surface area contributed by atoms with E-state index in [2.05, 4.69) is 15.6 Å². The first kappa shape index (κ1) is 31.8. The van der Waals surface area contributed by atoms with Crippen molar-refractivity contribution in [3.8, 4) is 0 Å². The number of hydrogen-bond donors (Lipinski definition) is 3. The van der Waals surface area contributed by atoms with E-state index in [9.17, 15) is 23.1 Å². The van der Waals surface area contributed by atoms with Gasteiger partial charge in [-0.2, -0.15) is 0 Å². The molecular formula is C28H29Cl2F3N4O2. The molecule has 39 heavy (non-hydrogen) atoms. The summed E-state index contributed by atoms with van der Waals surface area (Å²) < 4.78 is 41.8. The number of amides is 1. The van der Waals surface area contributed by atoms with Gasteiger partial charge in [0.25, 0.3) is 0 Å². The molecule has 4 aromatic rings. The first-order valence-electron chi connectivity index (χ1n) is 11.8. The third kappa shape index (κ3) is 9.11. The van der Waals surface area contributed by atoms with E-state index in [1.54, 1.807) is 10.8 Å². The molecular weight excluding hydrogens is 552 g/mol. The highest BCUT2D eigenvalue weighted by Crippen LogP contribution is 2.16. The number of halogens is 5. The number of imidazole rings is 1. The van der Waals surface area contributed by atoms with Gasteiger partial charge in [0.05, 0.1) is 12.5 Å². The number of nitrogens with zero attached hydrogens (tertiary/aromatic N) is 2. The van der Waals surface area contributed by atoms with E-state index in [0.29, 0.717) is 24.6 Å². The maximum Gasteiger partial charge on any atom is 0.231 e. The molecule has 1 unspecified atom stereocenters. The highest BCUT2D eigenvalue weighted by atomic mass is 35.5. The summed E-state index contributed by atoms with van der Waals surface area (Å²) in [6, 6.07) is 18.8. The van der Waals surface area contributed by atoms with E-state index in [0.717, 1.165) is 29.7 Å². The summed E-state index contributed by atoms with van der Waals surface area (Å²) in [7, 11) is 0. The van der Waals surface area contributed by atoms with Gasteiger partial charge in [-0.1, -0.05) is 42.5 Å². The van der Waals surface area contributed by atoms with Crippen molar-refractivity contribution >= 4 is 36.4 Å². The minimum atomic E-state index is -1.52. The fourth-order valence-corrected chi connectivity index (χ4v) is 3.92. The van der Waals surface area contributed by atoms with Crippen molar-refractivity contribution in [3.05, 3.63) is 119 Å². The summed E-state index contributed by atoms with van der Waals surface area (Å²) >= 11 is 0. The van der Waals surface area contributed by atoms with Crippen LogP contribution in [-0.4, -0.2) is 33.7 Å². The lowest BCUT2D eigenvalue weighted by atomic mass is 10.1. The Morgan fingerprint density at radius 1 is 0.949 bits per heavy atom. The number of rotatable bonds is 11. The number of carbonyl (C=O) groups is 1. The number of benzene rings is 3. The van der Waals surface area contributed by atoms with Crippen LogP contribution in [0.1, 0.15) is 28.6 Å². The highest BCUT2D eigenvalue weighted by Gasteiger charge is 2.14. The molecule has 0 radical (unpaired) electrons. The number of hydrogen-bond acceptors (Lipinski definition) is 4. The second kappa shape index (κ2) is 15.3. The number of aliphatic hydroxyl groups excluding tert-OH is 1. The standard InChI is InChI=1S/C28H27F3N4O2.2ClH/c29-23-14-20(15-24(30)28(23)31)18-35-13-12-33-26(35)16-27(37)34-22-8-6-19(7-9-22)10-11-32-17-25(36)21-4-2-1-3-5-21;;/h1-9,12-15,25,32,36H,10-11,16-18H2,(H,34,37);2*1H. The lowest BCUT2D eigenvalue weighted by Gasteiger charge is -2.12. The molecule has 0 aliphatic carbocycles. The molecule has 1 aromatic heterocycles. The van der Waals surface area contributed by atoms with Crippen molar-refractivity contribution < 1.29 is 23.1 Å². The van der Waals surface area contributed by atoms with Crippen LogP contribution in [0.25, 0.3) is 0 Å². The molecule has 0 saturated heterocycles. The van der Waals surface area contributed by atoms with Crippen LogP contribution in [-0.2, 0) is 24.2 Å². The molecule has 0 aliphatic heterocycles. The van der Waals surface area contributed by atoms with Crippen molar-refractivity contribution in [2.45, 2.75) is 25.5 Å². The molecule has 1 atom stereocenters. The zero-order valence-electron chi connectivity index (χ0n) is 20.8. The SMILES string of the molecule is Cl.Cl.O=C(Cc1nccn1Cc1cc(F)c(F)c(F)c1)Nc1ccc(CCNCC(O)c2ccccc2)cc1. The van der Waals surface area contributed by atoms with Crippen LogP contribution in [0.3, 0.4) is 0 Å². The van der Waals surface area contributed by atoms with Crippen molar-refractivity contribution in [2.75, 3.05) is 18.4 Å². The first-order valence-corrected chi connectivity index (χ1v) is 11.8. The fraction of sp³-hybridized carbons (Fsp3) is 0.214. The summed E-state index contributed by atoms with van der Waals surface area (Å²) in [5.41, 5.74) is 2.79. The Bertz CT molecular complexity index is 1320. The largest absolute Gasteiger partial charge is 0.387 e. The molecule has 1 amide bonds. The monoisotopic (exact) mass is 580 g/mol. The van der Waals surface area contributed by atoms with Crippen molar-refractivity contribution in [1.29, 1.82) is 0 Å². The van der Waals surface area contributed by atoms with Gasteiger partial charge in [0.1, 0.15) is 5.82 Å². The van der Waals surface area contributed by atoms with Gasteiger partial charge in [0.2, 0.25) is 5.91 Å². The third-order valence-corrected chi connectivity index (χ3v) is 5.87. The lowest BCUT2D eigenvalue weighted by molar-refractivity contribution is -0.115. The maximum absolute atomic E-state index is 13.5. The zero-order chi connectivity index (χ0) is 26.2. The molecule has 1 heterocycles. The first-order chi connectivity index (χ1) is 17.9. The van der Waals surface area contributed by atoms with Gasteiger partial charge in [-0.05, 0) is 53.9 Å². The van der Waals surface area contributed by atoms with E-state index in [4.69, 9.17) is 0 Å². The molecule has 0 bridgehead atoms. The van der Waals surface area contributed by atoms with Crippen LogP contribution in [0, 0.1) is 17.5 Å². The third-order valence-electron chi connectivity index (χ3n) is 5.87. The van der Waals surface area contributed by atoms with Gasteiger partial charge in [-0.25, -0.2) is 18.2 Å². The smallest absolute Gasteiger partial charge is 0.231 e. The molecule has 0 saturated carbocycles. The minimum absolute atomic E-state index is 0. The lowest BCUT2D eigenvalue weighted by Crippen LogP contribution is -2.23. The van der Waals surface area contributed by atoms with Gasteiger partial charge in [-0.3, -0.25) is 4.79 Å². The van der Waals surface area contributed by atoms with E-state index in [1.165, 1.54) is 6.20 Å². The van der Waals surface area contributed by atoms with Gasteiger partial charge in [0.15, 0.2) is 17.5 Å². The molecule has 0 aliphatic rings. The van der Waals surface area contributed by atoms with Crippen LogP contribution in [0.15, 0.2) is 79.1 Å². The second-order valence-electron chi connectivity index (χ2n) is 8.65. The average Bonchev–Trinajstić information content (AvgIpc) is 3.32. The number of anilines is 1. The fourth-order valence-electron chi connectivity index (χ4n) is 3.92. The maximum atomic E-state index is 13.5. The van der Waals surface area contributed by atoms with Crippen LogP contribution in [0.2, 0.25) is 0 Å². The molecule has 6 nitrogen and oxygen atoms in total. The Kier molecular flexibility index (Phi) is 12.5. The Morgan fingerprint density at radius 3 is 2.28 bits per heavy atom. The summed E-state index contributed by atoms with van der Waals surface area (Å²) in [6.07, 6.45) is 3.23. The van der Waals surface area contributed by atoms with Gasteiger partial charge in [-0.15, -0.1) is 24.8 Å². The van der Waals surface area contributed by atoms with Gasteiger partial charge < -0.3 is 20.3 Å². The predicted molar refractivity (Wildman–Crippen MR) is 149 cm³/mol. The molecule has 4 rings (SSSR count). The molecule has 3 N–H and O–H groups in total. The van der Waals surface area contributed by atoms with Crippen molar-refractivity contribution in [2.24, 2.45) is 0 Å². The molecule has 208 valence electrons. The van der Waals surface area contributed by atoms with Crippen LogP contribution < -0.4 is 10.6 Å². The highest BCUT2D eigenvalue weighted by molar-refractivity contribution is 5.91. The van der Waals surface area contributed by atoms with E-state index < -0.39 is 23.6 Å². The molecule has 11 heteroatoms. The zero-order valence-corrected chi connectivity index (χ0v) is 22.5. The summed E-state index contributed by atoms with van der Waals surface area (Å²) in [6.45, 7) is 1.20. The predicted octanol–water partition coefficient (Wildman–Crippen LogP) is 5.24. The summed E-state index contributed by atoms with van der Waals surface area (Å²) in [4.78, 5) is 16.7. The Balaban J connectivity index is 0.00000267. The Morgan fingerprint density at radius 2 is 1.62 bits per heavy atom. The van der Waals surface area contributed by atoms with E-state index >= 15 is 0 Å². The quantitative estimate of drug-likeness (QED) is 0.167. The Hall–Kier alpha value is -3.37. The topological polar surface area (TPSA) is 79.2 Å². The molecule has 3 aromatic carbocycles. The second-order valence-corrected chi connectivity index (χ2v) is 8.65. The van der Waals surface area contributed by atoms with E-state index in [1.807, 2.05) is 54.6 Å². The summed E-state index contributed by atoms with van der Waals surface area (Å²) in [5, 5.41) is 16.3. The average molecular weight is 581 g/mol. The normalized spacial score (nSPS) is 11.3. The Labute approximate surface area is 237 Å². The van der Waals surface area contributed by atoms with Gasteiger partial charge >= 0.3 is 0 Å². The summed E-state index contributed by atoms with van der Waals surface area (Å²) in [5.74, 6) is -3.94. The molecule has 0 fully saturated rings. The van der Waals surface area contributed by atoms with Crippen LogP contribution in [0.4, 0.5) is 18.9 Å². The van der Waals surface area contributed by atoms with Crippen LogP contribution >= 0.6 is 24.8 Å². The number of aromatic nitrogens is 2. The van der Waals surface area contributed by atoms with Crippen LogP contribution in [0.5, 0.6) is 0 Å². The van der Waals surface area contributed by atoms with Gasteiger partial charge in [0, 0.05) is 31.2 Å². The molecule has 0 spiro atoms. The van der Waals surface area contributed by atoms with E-state index in [-0.39, 0.29) is 49.3 Å². The van der Waals surface area contributed by atoms with Crippen molar-refractivity contribution in [1.82, 2.24) is 14.9 Å². The number of carbonyl (C=O) groups excluding carboxylic acids is 1. The van der Waals surface area contributed by atoms with Crippen molar-refractivity contribution in [3.63, 3.8) is 0 Å². The number of nitrogens with one attached hydrogen (secondary N) is 2. The number of aliphatic hydroxyl groups is 1. The minimum Gasteiger partial charge on any atom is -0.387 e.